The molecule has 3 heteroatoms. The molecule has 0 heterocycles. The molecule has 0 unspecified atom stereocenters. The minimum Gasteiger partial charge on any atom is -0.488 e. The standard InChI is InChI=1S/C24H22O3/c1-18-9-7-14-21(23(18)27-17-19-10-3-2-4-11-19)15-8-13-20-12-5-6-16-22(20)24(25)26/h2-12,14-16H,13,17H2,1H3,(H,25,26). The van der Waals surface area contributed by atoms with E-state index >= 15 is 0 Å². The first-order chi connectivity index (χ1) is 13.1. The van der Waals surface area contributed by atoms with Gasteiger partial charge in [-0.2, -0.15) is 0 Å². The molecule has 0 saturated carbocycles. The summed E-state index contributed by atoms with van der Waals surface area (Å²) in [6, 6.07) is 23.2. The summed E-state index contributed by atoms with van der Waals surface area (Å²) >= 11 is 0. The summed E-state index contributed by atoms with van der Waals surface area (Å²) in [6.45, 7) is 2.53. The maximum Gasteiger partial charge on any atom is 0.335 e. The minimum absolute atomic E-state index is 0.340. The topological polar surface area (TPSA) is 46.5 Å². The molecular weight excluding hydrogens is 336 g/mol. The molecule has 0 aromatic heterocycles. The first kappa shape index (κ1) is 18.5. The van der Waals surface area contributed by atoms with Gasteiger partial charge in [0.2, 0.25) is 0 Å². The van der Waals surface area contributed by atoms with E-state index in [0.717, 1.165) is 28.0 Å². The highest BCUT2D eigenvalue weighted by molar-refractivity contribution is 5.89. The van der Waals surface area contributed by atoms with Gasteiger partial charge in [-0.05, 0) is 36.1 Å². The van der Waals surface area contributed by atoms with Gasteiger partial charge in [0.25, 0.3) is 0 Å². The van der Waals surface area contributed by atoms with Crippen LogP contribution in [0.1, 0.15) is 32.6 Å². The molecule has 0 bridgehead atoms. The SMILES string of the molecule is Cc1cccc(C=CCc2ccccc2C(=O)O)c1OCc1ccccc1. The van der Waals surface area contributed by atoms with Gasteiger partial charge < -0.3 is 9.84 Å². The number of allylic oxidation sites excluding steroid dienone is 1. The lowest BCUT2D eigenvalue weighted by atomic mass is 10.0. The molecule has 136 valence electrons. The smallest absolute Gasteiger partial charge is 0.335 e. The average Bonchev–Trinajstić information content (AvgIpc) is 2.68. The third-order valence-corrected chi connectivity index (χ3v) is 4.35. The molecule has 3 nitrogen and oxygen atoms in total. The largest absolute Gasteiger partial charge is 0.488 e. The first-order valence-corrected chi connectivity index (χ1v) is 8.89. The summed E-state index contributed by atoms with van der Waals surface area (Å²) in [5.41, 5.74) is 4.30. The Morgan fingerprint density at radius 1 is 0.963 bits per heavy atom. The van der Waals surface area contributed by atoms with E-state index in [2.05, 4.69) is 0 Å². The van der Waals surface area contributed by atoms with Crippen LogP contribution < -0.4 is 4.74 Å². The van der Waals surface area contributed by atoms with Gasteiger partial charge in [-0.3, -0.25) is 0 Å². The van der Waals surface area contributed by atoms with Crippen LogP contribution in [0.5, 0.6) is 5.75 Å². The van der Waals surface area contributed by atoms with Crippen LogP contribution in [0.3, 0.4) is 0 Å². The third-order valence-electron chi connectivity index (χ3n) is 4.35. The molecular formula is C24H22O3. The van der Waals surface area contributed by atoms with Crippen LogP contribution in [0.25, 0.3) is 6.08 Å². The van der Waals surface area contributed by atoms with Crippen LogP contribution in [-0.4, -0.2) is 11.1 Å². The van der Waals surface area contributed by atoms with E-state index in [-0.39, 0.29) is 0 Å². The van der Waals surface area contributed by atoms with Crippen LogP contribution in [0.15, 0.2) is 78.9 Å². The Labute approximate surface area is 159 Å². The van der Waals surface area contributed by atoms with E-state index in [1.54, 1.807) is 12.1 Å². The highest BCUT2D eigenvalue weighted by Crippen LogP contribution is 2.26. The van der Waals surface area contributed by atoms with Crippen LogP contribution >= 0.6 is 0 Å². The fourth-order valence-electron chi connectivity index (χ4n) is 2.95. The number of aromatic carboxylic acids is 1. The molecule has 0 fully saturated rings. The van der Waals surface area contributed by atoms with E-state index < -0.39 is 5.97 Å². The van der Waals surface area contributed by atoms with Crippen molar-refractivity contribution in [2.24, 2.45) is 0 Å². The number of benzene rings is 3. The van der Waals surface area contributed by atoms with Crippen molar-refractivity contribution in [2.45, 2.75) is 20.0 Å². The molecule has 3 rings (SSSR count). The molecule has 3 aromatic rings. The lowest BCUT2D eigenvalue weighted by Gasteiger charge is -2.12. The van der Waals surface area contributed by atoms with Crippen molar-refractivity contribution < 1.29 is 14.6 Å². The van der Waals surface area contributed by atoms with Crippen LogP contribution in [-0.2, 0) is 13.0 Å². The van der Waals surface area contributed by atoms with E-state index in [1.807, 2.05) is 79.7 Å². The number of carboxylic acids is 1. The lowest BCUT2D eigenvalue weighted by Crippen LogP contribution is -2.01. The Kier molecular flexibility index (Phi) is 6.06. The number of para-hydroxylation sites is 1. The summed E-state index contributed by atoms with van der Waals surface area (Å²) < 4.78 is 6.07. The summed E-state index contributed by atoms with van der Waals surface area (Å²) in [7, 11) is 0. The van der Waals surface area contributed by atoms with Gasteiger partial charge in [-0.1, -0.05) is 78.9 Å². The maximum absolute atomic E-state index is 11.3. The highest BCUT2D eigenvalue weighted by Gasteiger charge is 2.08. The zero-order valence-corrected chi connectivity index (χ0v) is 15.3. The van der Waals surface area contributed by atoms with Crippen molar-refractivity contribution in [3.8, 4) is 5.75 Å². The molecule has 27 heavy (non-hydrogen) atoms. The summed E-state index contributed by atoms with van der Waals surface area (Å²) in [4.78, 5) is 11.3. The molecule has 0 radical (unpaired) electrons. The molecule has 0 saturated heterocycles. The zero-order valence-electron chi connectivity index (χ0n) is 15.3. The van der Waals surface area contributed by atoms with Crippen molar-refractivity contribution >= 4 is 12.0 Å². The minimum atomic E-state index is -0.901. The molecule has 0 aliphatic rings. The second kappa shape index (κ2) is 8.86. The number of carbonyl (C=O) groups is 1. The number of hydrogen-bond acceptors (Lipinski definition) is 2. The molecule has 3 aromatic carbocycles. The second-order valence-electron chi connectivity index (χ2n) is 6.34. The third kappa shape index (κ3) is 4.85. The Bertz CT molecular complexity index is 943. The molecule has 0 spiro atoms. The van der Waals surface area contributed by atoms with Crippen molar-refractivity contribution in [3.05, 3.63) is 107 Å². The van der Waals surface area contributed by atoms with Gasteiger partial charge in [-0.25, -0.2) is 4.79 Å². The summed E-state index contributed by atoms with van der Waals surface area (Å²) in [5, 5.41) is 9.30. The highest BCUT2D eigenvalue weighted by atomic mass is 16.5. The maximum atomic E-state index is 11.3. The molecule has 0 aliphatic carbocycles. The van der Waals surface area contributed by atoms with E-state index in [9.17, 15) is 9.90 Å². The number of hydrogen-bond donors (Lipinski definition) is 1. The van der Waals surface area contributed by atoms with Crippen molar-refractivity contribution in [1.29, 1.82) is 0 Å². The van der Waals surface area contributed by atoms with Gasteiger partial charge in [0.15, 0.2) is 0 Å². The van der Waals surface area contributed by atoms with E-state index in [0.29, 0.717) is 18.6 Å². The predicted octanol–water partition coefficient (Wildman–Crippen LogP) is 5.53. The van der Waals surface area contributed by atoms with Gasteiger partial charge in [0, 0.05) is 5.56 Å². The normalized spacial score (nSPS) is 10.9. The van der Waals surface area contributed by atoms with Crippen molar-refractivity contribution in [3.63, 3.8) is 0 Å². The number of aryl methyl sites for hydroxylation is 1. The number of rotatable bonds is 7. The Hall–Kier alpha value is -3.33. The predicted molar refractivity (Wildman–Crippen MR) is 108 cm³/mol. The lowest BCUT2D eigenvalue weighted by molar-refractivity contribution is 0.0696. The van der Waals surface area contributed by atoms with Crippen LogP contribution in [0.4, 0.5) is 0 Å². The zero-order chi connectivity index (χ0) is 19.1. The van der Waals surface area contributed by atoms with Gasteiger partial charge >= 0.3 is 5.97 Å². The monoisotopic (exact) mass is 358 g/mol. The Morgan fingerprint density at radius 2 is 1.70 bits per heavy atom. The molecule has 0 amide bonds. The summed E-state index contributed by atoms with van der Waals surface area (Å²) in [6.07, 6.45) is 4.52. The molecule has 1 N–H and O–H groups in total. The Morgan fingerprint density at radius 3 is 2.48 bits per heavy atom. The van der Waals surface area contributed by atoms with Gasteiger partial charge in [0.05, 0.1) is 5.56 Å². The number of carboxylic acid groups (broad SMARTS) is 1. The molecule has 0 aliphatic heterocycles. The van der Waals surface area contributed by atoms with Crippen LogP contribution in [0.2, 0.25) is 0 Å². The quantitative estimate of drug-likeness (QED) is 0.604. The van der Waals surface area contributed by atoms with E-state index in [1.165, 1.54) is 0 Å². The fourth-order valence-corrected chi connectivity index (χ4v) is 2.95. The fraction of sp³-hybridized carbons (Fsp3) is 0.125. The van der Waals surface area contributed by atoms with Gasteiger partial charge in [0.1, 0.15) is 12.4 Å². The second-order valence-corrected chi connectivity index (χ2v) is 6.34. The molecule has 0 atom stereocenters. The Balaban J connectivity index is 1.76. The number of ether oxygens (including phenoxy) is 1. The van der Waals surface area contributed by atoms with E-state index in [4.69, 9.17) is 4.74 Å². The van der Waals surface area contributed by atoms with Crippen molar-refractivity contribution in [2.75, 3.05) is 0 Å². The van der Waals surface area contributed by atoms with Crippen LogP contribution in [0, 0.1) is 6.92 Å². The average molecular weight is 358 g/mol. The van der Waals surface area contributed by atoms with Crippen molar-refractivity contribution in [1.82, 2.24) is 0 Å². The van der Waals surface area contributed by atoms with Gasteiger partial charge in [-0.15, -0.1) is 0 Å². The first-order valence-electron chi connectivity index (χ1n) is 8.89. The summed E-state index contributed by atoms with van der Waals surface area (Å²) in [5.74, 6) is -0.0504.